The Hall–Kier alpha value is -3.42. The standard InChI is InChI=1S/C24H25ClN4O3/c25-19-9-5-4-8-18(19)13-20(23(31)28-15-17-10-11-22(26)27-14-17)29-24(32)21(30)12-16-6-2-1-3-7-16/h1-11,14,20-21,30H,12-13,15H2,(H2,26,27)(H,28,31)(H,29,32)/t20-,21+/m0/s1. The third-order valence-corrected chi connectivity index (χ3v) is 5.27. The lowest BCUT2D eigenvalue weighted by molar-refractivity contribution is -0.134. The predicted molar refractivity (Wildman–Crippen MR) is 124 cm³/mol. The van der Waals surface area contributed by atoms with Crippen molar-refractivity contribution in [3.8, 4) is 0 Å². The molecular weight excluding hydrogens is 428 g/mol. The third kappa shape index (κ3) is 6.80. The summed E-state index contributed by atoms with van der Waals surface area (Å²) in [5.41, 5.74) is 7.88. The molecule has 166 valence electrons. The van der Waals surface area contributed by atoms with Crippen molar-refractivity contribution in [1.29, 1.82) is 0 Å². The number of pyridine rings is 1. The molecule has 1 aromatic heterocycles. The molecule has 0 aliphatic rings. The Balaban J connectivity index is 1.69. The van der Waals surface area contributed by atoms with Crippen molar-refractivity contribution in [3.05, 3.63) is 94.6 Å². The van der Waals surface area contributed by atoms with Crippen molar-refractivity contribution in [2.24, 2.45) is 0 Å². The SMILES string of the molecule is Nc1ccc(CNC(=O)[C@H](Cc2ccccc2Cl)NC(=O)[C@H](O)Cc2ccccc2)cn1. The highest BCUT2D eigenvalue weighted by Crippen LogP contribution is 2.17. The molecule has 0 unspecified atom stereocenters. The summed E-state index contributed by atoms with van der Waals surface area (Å²) in [6, 6.07) is 18.8. The van der Waals surface area contributed by atoms with Crippen LogP contribution in [0, 0.1) is 0 Å². The normalized spacial score (nSPS) is 12.6. The lowest BCUT2D eigenvalue weighted by Gasteiger charge is -2.21. The maximum atomic E-state index is 12.9. The van der Waals surface area contributed by atoms with Crippen LogP contribution in [0.25, 0.3) is 0 Å². The first-order valence-electron chi connectivity index (χ1n) is 10.2. The summed E-state index contributed by atoms with van der Waals surface area (Å²) in [6.45, 7) is 0.216. The topological polar surface area (TPSA) is 117 Å². The average Bonchev–Trinajstić information content (AvgIpc) is 2.80. The van der Waals surface area contributed by atoms with E-state index in [-0.39, 0.29) is 19.4 Å². The van der Waals surface area contributed by atoms with Crippen molar-refractivity contribution in [2.75, 3.05) is 5.73 Å². The van der Waals surface area contributed by atoms with Gasteiger partial charge in [0.25, 0.3) is 0 Å². The molecule has 0 aliphatic heterocycles. The van der Waals surface area contributed by atoms with Gasteiger partial charge in [0.1, 0.15) is 18.0 Å². The van der Waals surface area contributed by atoms with Gasteiger partial charge in [-0.1, -0.05) is 66.2 Å². The van der Waals surface area contributed by atoms with Crippen LogP contribution in [-0.4, -0.2) is 34.1 Å². The predicted octanol–water partition coefficient (Wildman–Crippen LogP) is 2.26. The zero-order chi connectivity index (χ0) is 22.9. The van der Waals surface area contributed by atoms with E-state index in [2.05, 4.69) is 15.6 Å². The van der Waals surface area contributed by atoms with Gasteiger partial charge >= 0.3 is 0 Å². The van der Waals surface area contributed by atoms with Gasteiger partial charge in [-0.2, -0.15) is 0 Å². The van der Waals surface area contributed by atoms with Gasteiger partial charge < -0.3 is 21.5 Å². The first kappa shape index (κ1) is 23.2. The molecular formula is C24H25ClN4O3. The molecule has 1 heterocycles. The molecule has 3 rings (SSSR count). The maximum Gasteiger partial charge on any atom is 0.249 e. The fraction of sp³-hybridized carbons (Fsp3) is 0.208. The highest BCUT2D eigenvalue weighted by molar-refractivity contribution is 6.31. The molecule has 7 nitrogen and oxygen atoms in total. The van der Waals surface area contributed by atoms with Crippen molar-refractivity contribution in [1.82, 2.24) is 15.6 Å². The van der Waals surface area contributed by atoms with E-state index in [0.717, 1.165) is 11.1 Å². The molecule has 0 saturated heterocycles. The first-order valence-corrected chi connectivity index (χ1v) is 10.5. The van der Waals surface area contributed by atoms with Crippen LogP contribution in [0.1, 0.15) is 16.7 Å². The summed E-state index contributed by atoms with van der Waals surface area (Å²) in [4.78, 5) is 29.6. The summed E-state index contributed by atoms with van der Waals surface area (Å²) < 4.78 is 0. The fourth-order valence-electron chi connectivity index (χ4n) is 3.14. The van der Waals surface area contributed by atoms with E-state index in [9.17, 15) is 14.7 Å². The van der Waals surface area contributed by atoms with Gasteiger partial charge in [0.15, 0.2) is 0 Å². The number of rotatable bonds is 9. The number of benzene rings is 2. The number of carbonyl (C=O) groups excluding carboxylic acids is 2. The summed E-state index contributed by atoms with van der Waals surface area (Å²) in [6.07, 6.45) is 0.598. The lowest BCUT2D eigenvalue weighted by atomic mass is 10.0. The van der Waals surface area contributed by atoms with E-state index in [1.165, 1.54) is 0 Å². The van der Waals surface area contributed by atoms with Crippen LogP contribution >= 0.6 is 11.6 Å². The van der Waals surface area contributed by atoms with E-state index in [4.69, 9.17) is 17.3 Å². The number of halogens is 1. The van der Waals surface area contributed by atoms with Crippen molar-refractivity contribution in [3.63, 3.8) is 0 Å². The average molecular weight is 453 g/mol. The highest BCUT2D eigenvalue weighted by atomic mass is 35.5. The van der Waals surface area contributed by atoms with Crippen molar-refractivity contribution in [2.45, 2.75) is 31.5 Å². The second-order valence-corrected chi connectivity index (χ2v) is 7.78. The number of anilines is 1. The summed E-state index contributed by atoms with van der Waals surface area (Å²) >= 11 is 6.25. The molecule has 0 fully saturated rings. The van der Waals surface area contributed by atoms with E-state index in [1.54, 1.807) is 36.5 Å². The number of nitrogens with two attached hydrogens (primary N) is 1. The Bertz CT molecular complexity index is 1040. The largest absolute Gasteiger partial charge is 0.384 e. The fourth-order valence-corrected chi connectivity index (χ4v) is 3.36. The van der Waals surface area contributed by atoms with E-state index >= 15 is 0 Å². The van der Waals surface area contributed by atoms with Crippen LogP contribution in [0.4, 0.5) is 5.82 Å². The minimum absolute atomic E-state index is 0.143. The number of aliphatic hydroxyl groups excluding tert-OH is 1. The van der Waals surface area contributed by atoms with E-state index in [0.29, 0.717) is 16.4 Å². The zero-order valence-electron chi connectivity index (χ0n) is 17.4. The number of hydrogen-bond acceptors (Lipinski definition) is 5. The molecule has 3 aromatic rings. The van der Waals surface area contributed by atoms with Gasteiger partial charge in [0.2, 0.25) is 11.8 Å². The summed E-state index contributed by atoms with van der Waals surface area (Å²) in [5.74, 6) is -0.645. The minimum Gasteiger partial charge on any atom is -0.384 e. The van der Waals surface area contributed by atoms with Crippen molar-refractivity contribution < 1.29 is 14.7 Å². The molecule has 5 N–H and O–H groups in total. The number of hydrogen-bond donors (Lipinski definition) is 4. The van der Waals surface area contributed by atoms with Gasteiger partial charge in [-0.15, -0.1) is 0 Å². The van der Waals surface area contributed by atoms with Gasteiger partial charge in [-0.25, -0.2) is 4.98 Å². The number of aromatic nitrogens is 1. The molecule has 8 heteroatoms. The Morgan fingerprint density at radius 2 is 1.66 bits per heavy atom. The molecule has 0 radical (unpaired) electrons. The quantitative estimate of drug-likeness (QED) is 0.397. The monoisotopic (exact) mass is 452 g/mol. The van der Waals surface area contributed by atoms with Crippen LogP contribution in [0.2, 0.25) is 5.02 Å². The highest BCUT2D eigenvalue weighted by Gasteiger charge is 2.25. The molecule has 0 aliphatic carbocycles. The molecule has 2 amide bonds. The Morgan fingerprint density at radius 3 is 2.34 bits per heavy atom. The number of nitrogens with one attached hydrogen (secondary N) is 2. The molecule has 2 aromatic carbocycles. The lowest BCUT2D eigenvalue weighted by Crippen LogP contribution is -2.51. The van der Waals surface area contributed by atoms with Gasteiger partial charge in [0.05, 0.1) is 0 Å². The summed E-state index contributed by atoms with van der Waals surface area (Å²) in [7, 11) is 0. The number of carbonyl (C=O) groups is 2. The molecule has 0 spiro atoms. The molecule has 32 heavy (non-hydrogen) atoms. The van der Waals surface area contributed by atoms with Crippen LogP contribution in [0.5, 0.6) is 0 Å². The zero-order valence-corrected chi connectivity index (χ0v) is 18.1. The Kier molecular flexibility index (Phi) is 8.19. The second kappa shape index (κ2) is 11.3. The maximum absolute atomic E-state index is 12.9. The summed E-state index contributed by atoms with van der Waals surface area (Å²) in [5, 5.41) is 16.3. The second-order valence-electron chi connectivity index (χ2n) is 7.37. The number of nitrogen functional groups attached to an aromatic ring is 1. The van der Waals surface area contributed by atoms with Crippen molar-refractivity contribution >= 4 is 29.2 Å². The number of amides is 2. The Morgan fingerprint density at radius 1 is 0.938 bits per heavy atom. The van der Waals surface area contributed by atoms with E-state index in [1.807, 2.05) is 36.4 Å². The van der Waals surface area contributed by atoms with Gasteiger partial charge in [-0.05, 0) is 28.8 Å². The molecule has 0 bridgehead atoms. The minimum atomic E-state index is -1.29. The molecule has 0 saturated carbocycles. The van der Waals surface area contributed by atoms with Crippen LogP contribution < -0.4 is 16.4 Å². The van der Waals surface area contributed by atoms with Crippen LogP contribution in [0.3, 0.4) is 0 Å². The van der Waals surface area contributed by atoms with Gasteiger partial charge in [0, 0.05) is 30.6 Å². The van der Waals surface area contributed by atoms with Crippen LogP contribution in [-0.2, 0) is 29.0 Å². The number of aliphatic hydroxyl groups is 1. The molecule has 2 atom stereocenters. The third-order valence-electron chi connectivity index (χ3n) is 4.90. The smallest absolute Gasteiger partial charge is 0.249 e. The Labute approximate surface area is 191 Å². The number of nitrogens with zero attached hydrogens (tertiary/aromatic N) is 1. The van der Waals surface area contributed by atoms with Crippen LogP contribution in [0.15, 0.2) is 72.9 Å². The van der Waals surface area contributed by atoms with Gasteiger partial charge in [-0.3, -0.25) is 9.59 Å². The first-order chi connectivity index (χ1) is 15.4. The van der Waals surface area contributed by atoms with E-state index < -0.39 is 24.0 Å².